The van der Waals surface area contributed by atoms with Gasteiger partial charge in [-0.05, 0) is 30.7 Å². The van der Waals surface area contributed by atoms with Crippen LogP contribution in [-0.2, 0) is 0 Å². The highest BCUT2D eigenvalue weighted by Crippen LogP contribution is 2.39. The first-order valence-electron chi connectivity index (χ1n) is 7.40. The average Bonchev–Trinajstić information content (AvgIpc) is 3.04. The number of nitro groups is 1. The third-order valence-electron chi connectivity index (χ3n) is 3.94. The van der Waals surface area contributed by atoms with Crippen molar-refractivity contribution in [1.82, 2.24) is 4.90 Å². The predicted molar refractivity (Wildman–Crippen MR) is 90.5 cm³/mol. The van der Waals surface area contributed by atoms with Gasteiger partial charge in [0.15, 0.2) is 0 Å². The van der Waals surface area contributed by atoms with Crippen molar-refractivity contribution in [2.45, 2.75) is 12.3 Å². The standard InChI is InChI=1S/C17H15FN2O3S/c1-11-5-6-12(10-15(11)20(22)23)16(21)19-7-8-24-17(19)13-3-2-4-14(18)9-13/h2-6,9-10,17H,7-8H2,1H3/t17-/m0/s1. The molecule has 2 aromatic carbocycles. The first-order valence-corrected chi connectivity index (χ1v) is 8.45. The summed E-state index contributed by atoms with van der Waals surface area (Å²) in [5.74, 6) is 0.108. The lowest BCUT2D eigenvalue weighted by Gasteiger charge is -2.24. The molecule has 0 bridgehead atoms. The van der Waals surface area contributed by atoms with E-state index in [1.54, 1.807) is 47.9 Å². The molecule has 124 valence electrons. The minimum atomic E-state index is -0.491. The normalized spacial score (nSPS) is 17.1. The van der Waals surface area contributed by atoms with Crippen LogP contribution in [0.15, 0.2) is 42.5 Å². The number of amides is 1. The summed E-state index contributed by atoms with van der Waals surface area (Å²) in [7, 11) is 0. The lowest BCUT2D eigenvalue weighted by molar-refractivity contribution is -0.385. The maximum atomic E-state index is 13.5. The number of nitrogens with zero attached hydrogens (tertiary/aromatic N) is 2. The number of benzene rings is 2. The number of nitro benzene ring substituents is 1. The van der Waals surface area contributed by atoms with Crippen molar-refractivity contribution in [1.29, 1.82) is 0 Å². The van der Waals surface area contributed by atoms with E-state index in [0.29, 0.717) is 17.7 Å². The summed E-state index contributed by atoms with van der Waals surface area (Å²) in [5, 5.41) is 10.8. The van der Waals surface area contributed by atoms with Crippen LogP contribution in [0.3, 0.4) is 0 Å². The summed E-state index contributed by atoms with van der Waals surface area (Å²) < 4.78 is 13.5. The summed E-state index contributed by atoms with van der Waals surface area (Å²) in [4.78, 5) is 25.0. The van der Waals surface area contributed by atoms with Gasteiger partial charge in [-0.3, -0.25) is 14.9 Å². The van der Waals surface area contributed by atoms with E-state index in [2.05, 4.69) is 0 Å². The van der Waals surface area contributed by atoms with Crippen LogP contribution in [0, 0.1) is 22.9 Å². The van der Waals surface area contributed by atoms with Crippen LogP contribution in [0.5, 0.6) is 0 Å². The van der Waals surface area contributed by atoms with Gasteiger partial charge in [0, 0.05) is 29.5 Å². The van der Waals surface area contributed by atoms with Crippen molar-refractivity contribution in [2.75, 3.05) is 12.3 Å². The van der Waals surface area contributed by atoms with Crippen molar-refractivity contribution < 1.29 is 14.1 Å². The molecule has 5 nitrogen and oxygen atoms in total. The second-order valence-electron chi connectivity index (χ2n) is 5.54. The van der Waals surface area contributed by atoms with E-state index in [9.17, 15) is 19.3 Å². The molecule has 0 aromatic heterocycles. The smallest absolute Gasteiger partial charge is 0.273 e. The quantitative estimate of drug-likeness (QED) is 0.624. The Bertz CT molecular complexity index is 812. The maximum Gasteiger partial charge on any atom is 0.273 e. The Labute approximate surface area is 142 Å². The molecule has 3 rings (SSSR count). The van der Waals surface area contributed by atoms with Crippen molar-refractivity contribution >= 4 is 23.4 Å². The number of aryl methyl sites for hydroxylation is 1. The third kappa shape index (κ3) is 3.12. The molecule has 0 unspecified atom stereocenters. The van der Waals surface area contributed by atoms with Crippen molar-refractivity contribution in [3.05, 3.63) is 75.1 Å². The van der Waals surface area contributed by atoms with Gasteiger partial charge in [0.2, 0.25) is 0 Å². The number of halogens is 1. The topological polar surface area (TPSA) is 63.5 Å². The van der Waals surface area contributed by atoms with E-state index in [4.69, 9.17) is 0 Å². The number of hydrogen-bond acceptors (Lipinski definition) is 4. The van der Waals surface area contributed by atoms with Crippen molar-refractivity contribution in [3.8, 4) is 0 Å². The third-order valence-corrected chi connectivity index (χ3v) is 5.20. The maximum absolute atomic E-state index is 13.5. The van der Waals surface area contributed by atoms with E-state index in [-0.39, 0.29) is 28.3 Å². The highest BCUT2D eigenvalue weighted by molar-refractivity contribution is 7.99. The average molecular weight is 346 g/mol. The Kier molecular flexibility index (Phi) is 4.53. The van der Waals surface area contributed by atoms with Crippen LogP contribution in [0.25, 0.3) is 0 Å². The van der Waals surface area contributed by atoms with E-state index in [1.165, 1.54) is 18.2 Å². The molecule has 0 saturated carbocycles. The molecule has 2 aromatic rings. The zero-order valence-electron chi connectivity index (χ0n) is 12.9. The van der Waals surface area contributed by atoms with Gasteiger partial charge in [-0.15, -0.1) is 11.8 Å². The van der Waals surface area contributed by atoms with Gasteiger partial charge in [-0.1, -0.05) is 18.2 Å². The molecule has 7 heteroatoms. The van der Waals surface area contributed by atoms with Gasteiger partial charge in [0.1, 0.15) is 11.2 Å². The monoisotopic (exact) mass is 346 g/mol. The van der Waals surface area contributed by atoms with Crippen LogP contribution in [0.4, 0.5) is 10.1 Å². The van der Waals surface area contributed by atoms with Crippen LogP contribution in [-0.4, -0.2) is 28.0 Å². The molecule has 1 amide bonds. The Morgan fingerprint density at radius 3 is 2.83 bits per heavy atom. The van der Waals surface area contributed by atoms with Crippen molar-refractivity contribution in [3.63, 3.8) is 0 Å². The molecule has 0 spiro atoms. The van der Waals surface area contributed by atoms with Crippen LogP contribution < -0.4 is 0 Å². The Hall–Kier alpha value is -2.41. The van der Waals surface area contributed by atoms with Gasteiger partial charge in [0.05, 0.1) is 4.92 Å². The zero-order chi connectivity index (χ0) is 17.3. The molecule has 1 heterocycles. The van der Waals surface area contributed by atoms with Gasteiger partial charge < -0.3 is 4.90 Å². The van der Waals surface area contributed by atoms with E-state index < -0.39 is 4.92 Å². The number of carbonyl (C=O) groups is 1. The molecule has 0 N–H and O–H groups in total. The molecule has 1 aliphatic heterocycles. The Morgan fingerprint density at radius 2 is 2.12 bits per heavy atom. The lowest BCUT2D eigenvalue weighted by Crippen LogP contribution is -2.30. The molecular formula is C17H15FN2O3S. The van der Waals surface area contributed by atoms with Crippen molar-refractivity contribution in [2.24, 2.45) is 0 Å². The van der Waals surface area contributed by atoms with Gasteiger partial charge >= 0.3 is 0 Å². The van der Waals surface area contributed by atoms with Crippen LogP contribution in [0.2, 0.25) is 0 Å². The minimum Gasteiger partial charge on any atom is -0.322 e. The molecule has 0 aliphatic carbocycles. The number of carbonyl (C=O) groups excluding carboxylic acids is 1. The van der Waals surface area contributed by atoms with Crippen LogP contribution in [0.1, 0.15) is 26.9 Å². The van der Waals surface area contributed by atoms with Gasteiger partial charge in [-0.25, -0.2) is 4.39 Å². The van der Waals surface area contributed by atoms with Crippen LogP contribution >= 0.6 is 11.8 Å². The second-order valence-corrected chi connectivity index (χ2v) is 6.72. The minimum absolute atomic E-state index is 0.0741. The fourth-order valence-corrected chi connectivity index (χ4v) is 3.96. The number of hydrogen-bond donors (Lipinski definition) is 0. The zero-order valence-corrected chi connectivity index (χ0v) is 13.8. The largest absolute Gasteiger partial charge is 0.322 e. The number of thioether (sulfide) groups is 1. The van der Waals surface area contributed by atoms with E-state index >= 15 is 0 Å². The lowest BCUT2D eigenvalue weighted by atomic mass is 10.1. The Morgan fingerprint density at radius 1 is 1.33 bits per heavy atom. The molecule has 1 fully saturated rings. The molecule has 1 aliphatic rings. The fourth-order valence-electron chi connectivity index (χ4n) is 2.72. The fraction of sp³-hybridized carbons (Fsp3) is 0.235. The van der Waals surface area contributed by atoms with Gasteiger partial charge in [0.25, 0.3) is 11.6 Å². The SMILES string of the molecule is Cc1ccc(C(=O)N2CCS[C@H]2c2cccc(F)c2)cc1[N+](=O)[O-]. The van der Waals surface area contributed by atoms with E-state index in [1.807, 2.05) is 0 Å². The number of rotatable bonds is 3. The molecular weight excluding hydrogens is 331 g/mol. The van der Waals surface area contributed by atoms with E-state index in [0.717, 1.165) is 5.75 Å². The summed E-state index contributed by atoms with van der Waals surface area (Å²) in [5.41, 5.74) is 1.42. The highest BCUT2D eigenvalue weighted by atomic mass is 32.2. The summed E-state index contributed by atoms with van der Waals surface area (Å²) in [6.45, 7) is 2.15. The first-order chi connectivity index (χ1) is 11.5. The summed E-state index contributed by atoms with van der Waals surface area (Å²) >= 11 is 1.55. The molecule has 1 saturated heterocycles. The summed E-state index contributed by atoms with van der Waals surface area (Å²) in [6.07, 6.45) is 0. The Balaban J connectivity index is 1.91. The first kappa shape index (κ1) is 16.4. The highest BCUT2D eigenvalue weighted by Gasteiger charge is 2.32. The molecule has 1 atom stereocenters. The molecule has 0 radical (unpaired) electrons. The predicted octanol–water partition coefficient (Wildman–Crippen LogP) is 3.93. The van der Waals surface area contributed by atoms with Gasteiger partial charge in [-0.2, -0.15) is 0 Å². The summed E-state index contributed by atoms with van der Waals surface area (Å²) in [6, 6.07) is 10.7. The second kappa shape index (κ2) is 6.60. The molecule has 24 heavy (non-hydrogen) atoms.